The van der Waals surface area contributed by atoms with Crippen LogP contribution >= 0.6 is 27.7 Å². The Bertz CT molecular complexity index is 798. The summed E-state index contributed by atoms with van der Waals surface area (Å²) in [4.78, 5) is 18.6. The van der Waals surface area contributed by atoms with Crippen molar-refractivity contribution in [2.75, 3.05) is 16.4 Å². The van der Waals surface area contributed by atoms with Gasteiger partial charge < -0.3 is 4.90 Å². The fraction of sp³-hybridized carbons (Fsp3) is 0.500. The van der Waals surface area contributed by atoms with Gasteiger partial charge in [-0.15, -0.1) is 0 Å². The lowest BCUT2D eigenvalue weighted by Crippen LogP contribution is -2.38. The van der Waals surface area contributed by atoms with Gasteiger partial charge in [-0.25, -0.2) is 8.42 Å². The third-order valence-electron chi connectivity index (χ3n) is 4.01. The summed E-state index contributed by atoms with van der Waals surface area (Å²) in [5.41, 5.74) is 0.290. The van der Waals surface area contributed by atoms with Crippen LogP contribution in [-0.4, -0.2) is 42.3 Å². The molecule has 3 rings (SSSR count). The summed E-state index contributed by atoms with van der Waals surface area (Å²) in [5, 5.41) is 0.521. The van der Waals surface area contributed by atoms with Crippen molar-refractivity contribution in [1.29, 1.82) is 0 Å². The number of hydrogen-bond donors (Lipinski definition) is 0. The van der Waals surface area contributed by atoms with Gasteiger partial charge in [-0.1, -0.05) is 48.5 Å². The molecule has 0 N–H and O–H groups in total. The van der Waals surface area contributed by atoms with E-state index in [-0.39, 0.29) is 28.7 Å². The first-order chi connectivity index (χ1) is 11.1. The molecule has 2 unspecified atom stereocenters. The van der Waals surface area contributed by atoms with Crippen molar-refractivity contribution < 1.29 is 13.2 Å². The number of anilines is 1. The molecular formula is C16H19BrN2O3S2. The zero-order valence-electron chi connectivity index (χ0n) is 13.7. The number of hydrogen-bond acceptors (Lipinski definition) is 4. The maximum absolute atomic E-state index is 12.3. The molecule has 2 aliphatic heterocycles. The lowest BCUT2D eigenvalue weighted by atomic mass is 9.96. The quantitative estimate of drug-likeness (QED) is 0.684. The number of aliphatic imine (C=N–C) groups is 1. The zero-order chi connectivity index (χ0) is 17.7. The minimum absolute atomic E-state index is 0.0786. The molecule has 2 fully saturated rings. The lowest BCUT2D eigenvalue weighted by molar-refractivity contribution is -0.124. The van der Waals surface area contributed by atoms with Crippen LogP contribution in [-0.2, 0) is 14.6 Å². The highest BCUT2D eigenvalue weighted by molar-refractivity contribution is 9.10. The van der Waals surface area contributed by atoms with Crippen LogP contribution in [0.4, 0.5) is 5.69 Å². The normalized spacial score (nSPS) is 27.5. The van der Waals surface area contributed by atoms with Crippen LogP contribution in [0.2, 0.25) is 0 Å². The monoisotopic (exact) mass is 430 g/mol. The first-order valence-electron chi connectivity index (χ1n) is 7.62. The molecule has 8 heteroatoms. The zero-order valence-corrected chi connectivity index (χ0v) is 16.9. The van der Waals surface area contributed by atoms with E-state index >= 15 is 0 Å². The van der Waals surface area contributed by atoms with Crippen molar-refractivity contribution in [1.82, 2.24) is 0 Å². The molecule has 0 saturated carbocycles. The van der Waals surface area contributed by atoms with Gasteiger partial charge in [0.15, 0.2) is 15.0 Å². The molecule has 0 spiro atoms. The summed E-state index contributed by atoms with van der Waals surface area (Å²) in [6.07, 6.45) is 0. The van der Waals surface area contributed by atoms with Crippen molar-refractivity contribution in [2.45, 2.75) is 32.1 Å². The van der Waals surface area contributed by atoms with Gasteiger partial charge in [0.1, 0.15) is 0 Å². The number of carbonyl (C=O) groups is 1. The predicted molar refractivity (Wildman–Crippen MR) is 102 cm³/mol. The molecule has 2 atom stereocenters. The minimum atomic E-state index is -3.05. The third-order valence-corrected chi connectivity index (χ3v) is 7.75. The number of carbonyl (C=O) groups excluding carboxylic acids is 1. The molecule has 130 valence electrons. The Morgan fingerprint density at radius 3 is 2.46 bits per heavy atom. The highest BCUT2D eigenvalue weighted by Gasteiger charge is 2.49. The Hall–Kier alpha value is -0.860. The standard InChI is InChI=1S/C16H19BrN2O3S2/c1-16(2,3)14(20)18-15-19(11-6-4-10(17)5-7-11)12-8-24(21,22)9-13(12)23-15/h4-7,12-13H,8-9H2,1-3H3. The second kappa shape index (κ2) is 6.14. The van der Waals surface area contributed by atoms with Crippen molar-refractivity contribution in [3.05, 3.63) is 28.7 Å². The number of benzene rings is 1. The first kappa shape index (κ1) is 17.9. The number of fused-ring (bicyclic) bond motifs is 1. The van der Waals surface area contributed by atoms with E-state index in [0.717, 1.165) is 10.2 Å². The van der Waals surface area contributed by atoms with E-state index in [9.17, 15) is 13.2 Å². The van der Waals surface area contributed by atoms with E-state index < -0.39 is 15.3 Å². The van der Waals surface area contributed by atoms with E-state index in [1.165, 1.54) is 11.8 Å². The van der Waals surface area contributed by atoms with Crippen LogP contribution in [0.3, 0.4) is 0 Å². The molecule has 24 heavy (non-hydrogen) atoms. The fourth-order valence-corrected chi connectivity index (χ4v) is 6.90. The van der Waals surface area contributed by atoms with Gasteiger partial charge in [-0.3, -0.25) is 4.79 Å². The molecule has 0 bridgehead atoms. The van der Waals surface area contributed by atoms with Gasteiger partial charge in [0.05, 0.1) is 17.5 Å². The summed E-state index contributed by atoms with van der Waals surface area (Å²) in [5.74, 6) is 0.0385. The van der Waals surface area contributed by atoms with Crippen molar-refractivity contribution in [3.63, 3.8) is 0 Å². The average Bonchev–Trinajstić information content (AvgIpc) is 2.90. The predicted octanol–water partition coefficient (Wildman–Crippen LogP) is 3.10. The molecule has 5 nitrogen and oxygen atoms in total. The SMILES string of the molecule is CC(C)(C)C(=O)N=C1SC2CS(=O)(=O)CC2N1c1ccc(Br)cc1. The summed E-state index contributed by atoms with van der Waals surface area (Å²) in [7, 11) is -3.05. The smallest absolute Gasteiger partial charge is 0.253 e. The molecule has 2 aliphatic rings. The van der Waals surface area contributed by atoms with E-state index in [2.05, 4.69) is 20.9 Å². The number of thioether (sulfide) groups is 1. The van der Waals surface area contributed by atoms with Crippen LogP contribution in [0.5, 0.6) is 0 Å². The molecule has 0 radical (unpaired) electrons. The van der Waals surface area contributed by atoms with Crippen LogP contribution in [0.1, 0.15) is 20.8 Å². The second-order valence-electron chi connectivity index (χ2n) is 7.10. The van der Waals surface area contributed by atoms with Crippen molar-refractivity contribution >= 4 is 54.3 Å². The molecule has 2 heterocycles. The molecule has 0 aliphatic carbocycles. The van der Waals surface area contributed by atoms with Crippen molar-refractivity contribution in [3.8, 4) is 0 Å². The van der Waals surface area contributed by atoms with Crippen LogP contribution in [0.25, 0.3) is 0 Å². The third kappa shape index (κ3) is 3.55. The molecular weight excluding hydrogens is 412 g/mol. The molecule has 1 amide bonds. The Labute approximate surface area is 155 Å². The highest BCUT2D eigenvalue weighted by atomic mass is 79.9. The van der Waals surface area contributed by atoms with E-state index in [1.807, 2.05) is 49.9 Å². The number of halogens is 1. The fourth-order valence-electron chi connectivity index (χ4n) is 2.72. The Balaban J connectivity index is 2.01. The highest BCUT2D eigenvalue weighted by Crippen LogP contribution is 2.41. The minimum Gasteiger partial charge on any atom is -0.316 e. The Kier molecular flexibility index (Phi) is 4.59. The van der Waals surface area contributed by atoms with Crippen LogP contribution < -0.4 is 4.90 Å². The Morgan fingerprint density at radius 2 is 1.88 bits per heavy atom. The summed E-state index contributed by atoms with van der Waals surface area (Å²) in [6.45, 7) is 5.48. The van der Waals surface area contributed by atoms with E-state index in [1.54, 1.807) is 0 Å². The number of amidine groups is 1. The largest absolute Gasteiger partial charge is 0.316 e. The summed E-state index contributed by atoms with van der Waals surface area (Å²) >= 11 is 4.81. The van der Waals surface area contributed by atoms with Gasteiger partial charge in [0, 0.05) is 20.8 Å². The van der Waals surface area contributed by atoms with Gasteiger partial charge in [0.25, 0.3) is 5.91 Å². The second-order valence-corrected chi connectivity index (χ2v) is 11.4. The van der Waals surface area contributed by atoms with E-state index in [0.29, 0.717) is 5.17 Å². The number of rotatable bonds is 1. The first-order valence-corrected chi connectivity index (χ1v) is 11.1. The summed E-state index contributed by atoms with van der Waals surface area (Å²) < 4.78 is 25.0. The topological polar surface area (TPSA) is 66.8 Å². The van der Waals surface area contributed by atoms with Crippen molar-refractivity contribution in [2.24, 2.45) is 10.4 Å². The molecule has 1 aromatic carbocycles. The molecule has 2 saturated heterocycles. The molecule has 1 aromatic rings. The van der Waals surface area contributed by atoms with E-state index in [4.69, 9.17) is 0 Å². The average molecular weight is 431 g/mol. The van der Waals surface area contributed by atoms with Gasteiger partial charge in [0.2, 0.25) is 0 Å². The maximum atomic E-state index is 12.3. The van der Waals surface area contributed by atoms with Gasteiger partial charge in [-0.2, -0.15) is 4.99 Å². The molecule has 0 aromatic heterocycles. The number of sulfone groups is 1. The number of nitrogens with zero attached hydrogens (tertiary/aromatic N) is 2. The lowest BCUT2D eigenvalue weighted by Gasteiger charge is -2.25. The summed E-state index contributed by atoms with van der Waals surface area (Å²) in [6, 6.07) is 7.46. The van der Waals surface area contributed by atoms with Crippen LogP contribution in [0, 0.1) is 5.41 Å². The van der Waals surface area contributed by atoms with Gasteiger partial charge >= 0.3 is 0 Å². The maximum Gasteiger partial charge on any atom is 0.253 e. The number of amides is 1. The van der Waals surface area contributed by atoms with Gasteiger partial charge in [-0.05, 0) is 24.3 Å². The Morgan fingerprint density at radius 1 is 1.25 bits per heavy atom. The van der Waals surface area contributed by atoms with Crippen LogP contribution in [0.15, 0.2) is 33.7 Å².